The molecule has 0 aromatic heterocycles. The van der Waals surface area contributed by atoms with Gasteiger partial charge in [0, 0.05) is 5.57 Å². The molecule has 0 bridgehead atoms. The maximum absolute atomic E-state index is 10.2. The number of nitrogens with two attached hydrogens (primary N) is 1. The number of carbonyl (C=O) groups is 1. The Morgan fingerprint density at radius 3 is 1.91 bits per heavy atom. The van der Waals surface area contributed by atoms with Gasteiger partial charge in [-0.1, -0.05) is 0 Å². The zero-order chi connectivity index (χ0) is 7.44. The Kier molecular flexibility index (Phi) is 15.3. The third-order valence-electron chi connectivity index (χ3n) is 0.562. The fraction of sp³-hybridized carbons (Fsp3) is 0. The number of hydrogen-bond acceptors (Lipinski definition) is 3. The molecule has 0 aliphatic heterocycles. The third-order valence-corrected chi connectivity index (χ3v) is 0.971. The van der Waals surface area contributed by atoms with Crippen molar-refractivity contribution in [2.75, 3.05) is 0 Å². The molecule has 0 aromatic carbocycles. The number of primary amides is 1. The van der Waals surface area contributed by atoms with Crippen LogP contribution in [0.25, 0.3) is 5.41 Å². The SMILES string of the molecule is [N-]=C=C(C(N)=O)C(=S)[S-].[Na+].[Na+]. The van der Waals surface area contributed by atoms with Crippen LogP contribution in [0.15, 0.2) is 5.57 Å². The van der Waals surface area contributed by atoms with Gasteiger partial charge < -0.3 is 36.0 Å². The van der Waals surface area contributed by atoms with Crippen LogP contribution in [-0.2, 0) is 17.4 Å². The summed E-state index contributed by atoms with van der Waals surface area (Å²) in [4.78, 5) is 10.2. The monoisotopic (exact) mass is 204 g/mol. The second kappa shape index (κ2) is 9.32. The van der Waals surface area contributed by atoms with Crippen molar-refractivity contribution in [2.45, 2.75) is 0 Å². The molecule has 0 aliphatic carbocycles. The maximum atomic E-state index is 10.2. The minimum Gasteiger partial charge on any atom is -0.763 e. The minimum atomic E-state index is -0.863. The Morgan fingerprint density at radius 2 is 1.91 bits per heavy atom. The van der Waals surface area contributed by atoms with Crippen LogP contribution in [-0.4, -0.2) is 16.0 Å². The van der Waals surface area contributed by atoms with Gasteiger partial charge in [-0.2, -0.15) is 0 Å². The number of amides is 1. The average molecular weight is 204 g/mol. The number of carbonyl (C=O) groups excluding carboxylic acids is 1. The molecule has 0 saturated heterocycles. The van der Waals surface area contributed by atoms with E-state index in [0.29, 0.717) is 0 Å². The molecule has 3 nitrogen and oxygen atoms in total. The Balaban J connectivity index is -0.000000320. The summed E-state index contributed by atoms with van der Waals surface area (Å²) in [5.41, 5.74) is 4.38. The molecule has 0 heterocycles. The second-order valence-corrected chi connectivity index (χ2v) is 2.21. The zero-order valence-electron chi connectivity index (χ0n) is 6.25. The first kappa shape index (κ1) is 18.1. The van der Waals surface area contributed by atoms with E-state index in [1.54, 1.807) is 0 Å². The molecule has 0 rings (SSSR count). The molecular weight excluding hydrogens is 202 g/mol. The van der Waals surface area contributed by atoms with E-state index in [1.165, 1.54) is 5.87 Å². The largest absolute Gasteiger partial charge is 1.00 e. The smallest absolute Gasteiger partial charge is 0.763 e. The van der Waals surface area contributed by atoms with Crippen LogP contribution in [0.1, 0.15) is 0 Å². The standard InChI is InChI=1S/C4H3N2OS2.2Na/c5-1-2(3(6)7)4(8)9;;/h(H2,6,7)(H,8,9);;/q-1;2*+1/p-1. The summed E-state index contributed by atoms with van der Waals surface area (Å²) in [7, 11) is 0. The van der Waals surface area contributed by atoms with Crippen molar-refractivity contribution in [3.8, 4) is 0 Å². The normalized spacial score (nSPS) is 6.18. The zero-order valence-corrected chi connectivity index (χ0v) is 11.9. The fourth-order valence-electron chi connectivity index (χ4n) is 0.201. The van der Waals surface area contributed by atoms with Crippen molar-refractivity contribution in [1.29, 1.82) is 0 Å². The molecule has 0 radical (unpaired) electrons. The van der Waals surface area contributed by atoms with Crippen LogP contribution in [0.5, 0.6) is 0 Å². The van der Waals surface area contributed by atoms with Crippen molar-refractivity contribution in [1.82, 2.24) is 0 Å². The van der Waals surface area contributed by atoms with E-state index in [4.69, 9.17) is 11.1 Å². The van der Waals surface area contributed by atoms with E-state index in [9.17, 15) is 4.79 Å². The van der Waals surface area contributed by atoms with E-state index >= 15 is 0 Å². The van der Waals surface area contributed by atoms with Gasteiger partial charge in [-0.3, -0.25) is 10.7 Å². The van der Waals surface area contributed by atoms with Crippen LogP contribution in [0.2, 0.25) is 0 Å². The van der Waals surface area contributed by atoms with E-state index < -0.39 is 5.91 Å². The molecular formula is C4H2N2Na2OS2. The van der Waals surface area contributed by atoms with Gasteiger partial charge in [-0.15, -0.1) is 4.20 Å². The van der Waals surface area contributed by atoms with Gasteiger partial charge in [0.05, 0.1) is 0 Å². The first-order chi connectivity index (χ1) is 4.09. The third kappa shape index (κ3) is 7.59. The van der Waals surface area contributed by atoms with E-state index in [2.05, 4.69) is 24.8 Å². The summed E-state index contributed by atoms with van der Waals surface area (Å²) in [6.45, 7) is 0. The second-order valence-electron chi connectivity index (χ2n) is 1.14. The summed E-state index contributed by atoms with van der Waals surface area (Å²) < 4.78 is -0.176. The first-order valence-electron chi connectivity index (χ1n) is 1.87. The maximum Gasteiger partial charge on any atom is 1.00 e. The summed E-state index contributed by atoms with van der Waals surface area (Å²) in [6, 6.07) is 0. The van der Waals surface area contributed by atoms with Gasteiger partial charge in [0.25, 0.3) is 5.91 Å². The molecule has 1 amide bonds. The van der Waals surface area contributed by atoms with Crippen molar-refractivity contribution < 1.29 is 63.9 Å². The van der Waals surface area contributed by atoms with E-state index in [0.717, 1.165) is 0 Å². The first-order valence-corrected chi connectivity index (χ1v) is 2.69. The molecule has 7 heteroatoms. The molecule has 0 aromatic rings. The average Bonchev–Trinajstić information content (AvgIpc) is 1.64. The summed E-state index contributed by atoms with van der Waals surface area (Å²) in [5.74, 6) is 0.634. The molecule has 2 N–H and O–H groups in total. The predicted molar refractivity (Wildman–Crippen MR) is 41.0 cm³/mol. The van der Waals surface area contributed by atoms with Crippen LogP contribution < -0.4 is 64.8 Å². The Labute approximate surface area is 120 Å². The van der Waals surface area contributed by atoms with Crippen molar-refractivity contribution in [3.63, 3.8) is 0 Å². The van der Waals surface area contributed by atoms with Crippen molar-refractivity contribution in [3.05, 3.63) is 11.0 Å². The molecule has 0 saturated carbocycles. The number of nitrogens with zero attached hydrogens (tertiary/aromatic N) is 1. The number of hydrogen-bond donors (Lipinski definition) is 1. The van der Waals surface area contributed by atoms with Crippen molar-refractivity contribution >= 4 is 40.8 Å². The van der Waals surface area contributed by atoms with Gasteiger partial charge in [-0.05, 0) is 0 Å². The summed E-state index contributed by atoms with van der Waals surface area (Å²) >= 11 is 8.69. The quantitative estimate of drug-likeness (QED) is 0.160. The predicted octanol–water partition coefficient (Wildman–Crippen LogP) is -6.48. The van der Waals surface area contributed by atoms with E-state index in [1.807, 2.05) is 0 Å². The fourth-order valence-corrected chi connectivity index (χ4v) is 0.494. The van der Waals surface area contributed by atoms with Gasteiger partial charge in [0.15, 0.2) is 0 Å². The van der Waals surface area contributed by atoms with Gasteiger partial charge in [-0.25, -0.2) is 0 Å². The Hall–Kier alpha value is 1.23. The van der Waals surface area contributed by atoms with Crippen LogP contribution >= 0.6 is 12.2 Å². The van der Waals surface area contributed by atoms with Gasteiger partial charge in [0.1, 0.15) is 0 Å². The number of rotatable bonds is 2. The molecule has 0 aliphatic rings. The molecule has 0 spiro atoms. The topological polar surface area (TPSA) is 65.4 Å². The number of thiocarbonyl (C=S) groups is 1. The van der Waals surface area contributed by atoms with Crippen LogP contribution in [0.4, 0.5) is 0 Å². The van der Waals surface area contributed by atoms with Crippen LogP contribution in [0, 0.1) is 0 Å². The molecule has 48 valence electrons. The minimum absolute atomic E-state index is 0. The summed E-state index contributed by atoms with van der Waals surface area (Å²) in [5, 5.41) is 8.12. The molecule has 0 unspecified atom stereocenters. The van der Waals surface area contributed by atoms with E-state index in [-0.39, 0.29) is 68.9 Å². The van der Waals surface area contributed by atoms with Crippen LogP contribution in [0.3, 0.4) is 0 Å². The summed E-state index contributed by atoms with van der Waals surface area (Å²) in [6.07, 6.45) is 0. The molecule has 0 atom stereocenters. The van der Waals surface area contributed by atoms with Crippen molar-refractivity contribution in [2.24, 2.45) is 5.73 Å². The Morgan fingerprint density at radius 1 is 1.55 bits per heavy atom. The molecule has 0 fully saturated rings. The van der Waals surface area contributed by atoms with Gasteiger partial charge in [0.2, 0.25) is 0 Å². The van der Waals surface area contributed by atoms with Gasteiger partial charge >= 0.3 is 59.1 Å². The molecule has 11 heavy (non-hydrogen) atoms. The Bertz CT molecular complexity index is 196.